The molecule has 1 aliphatic rings. The standard InChI is InChI=1S/C18H25N3O3/c1-4-9-19-18(23)20-10-15-5-7-16(8-6-15)17(22)21-11-13(2)24-14(3)12-21/h4-8,13-14H,1,9-12H2,2-3H3,(H2,19,20,23)/t13-,14+. The number of morpholine rings is 1. The van der Waals surface area contributed by atoms with E-state index in [2.05, 4.69) is 17.2 Å². The zero-order valence-electron chi connectivity index (χ0n) is 14.2. The van der Waals surface area contributed by atoms with E-state index in [9.17, 15) is 9.59 Å². The van der Waals surface area contributed by atoms with Crippen LogP contribution in [0.3, 0.4) is 0 Å². The van der Waals surface area contributed by atoms with Crippen LogP contribution in [-0.2, 0) is 11.3 Å². The summed E-state index contributed by atoms with van der Waals surface area (Å²) in [5, 5.41) is 5.39. The molecule has 0 radical (unpaired) electrons. The number of hydrogen-bond donors (Lipinski definition) is 2. The Balaban J connectivity index is 1.90. The Hall–Kier alpha value is -2.34. The molecule has 6 heteroatoms. The number of nitrogens with one attached hydrogen (secondary N) is 2. The van der Waals surface area contributed by atoms with Gasteiger partial charge in [0, 0.05) is 31.7 Å². The Morgan fingerprint density at radius 3 is 2.42 bits per heavy atom. The molecule has 2 atom stereocenters. The summed E-state index contributed by atoms with van der Waals surface area (Å²) in [6.07, 6.45) is 1.72. The predicted octanol–water partition coefficient (Wildman–Crippen LogP) is 1.92. The van der Waals surface area contributed by atoms with Gasteiger partial charge in [0.1, 0.15) is 0 Å². The topological polar surface area (TPSA) is 70.7 Å². The number of ether oxygens (including phenoxy) is 1. The summed E-state index contributed by atoms with van der Waals surface area (Å²) in [6, 6.07) is 7.06. The van der Waals surface area contributed by atoms with Gasteiger partial charge in [-0.1, -0.05) is 18.2 Å². The number of urea groups is 1. The highest BCUT2D eigenvalue weighted by Crippen LogP contribution is 2.15. The molecule has 0 bridgehead atoms. The highest BCUT2D eigenvalue weighted by molar-refractivity contribution is 5.94. The molecule has 3 amide bonds. The molecule has 1 aromatic carbocycles. The number of hydrogen-bond acceptors (Lipinski definition) is 3. The van der Waals surface area contributed by atoms with Gasteiger partial charge < -0.3 is 20.3 Å². The lowest BCUT2D eigenvalue weighted by Gasteiger charge is -2.35. The second kappa shape index (κ2) is 8.49. The zero-order valence-corrected chi connectivity index (χ0v) is 14.2. The highest BCUT2D eigenvalue weighted by atomic mass is 16.5. The van der Waals surface area contributed by atoms with Gasteiger partial charge >= 0.3 is 6.03 Å². The number of amides is 3. The van der Waals surface area contributed by atoms with Gasteiger partial charge in [-0.2, -0.15) is 0 Å². The zero-order chi connectivity index (χ0) is 17.5. The van der Waals surface area contributed by atoms with Crippen LogP contribution in [0.2, 0.25) is 0 Å². The molecular weight excluding hydrogens is 306 g/mol. The Morgan fingerprint density at radius 2 is 1.83 bits per heavy atom. The van der Waals surface area contributed by atoms with Gasteiger partial charge in [-0.05, 0) is 31.5 Å². The molecule has 0 saturated carbocycles. The summed E-state index contributed by atoms with van der Waals surface area (Å²) in [7, 11) is 0. The van der Waals surface area contributed by atoms with Crippen molar-refractivity contribution in [2.45, 2.75) is 32.6 Å². The molecule has 1 fully saturated rings. The third kappa shape index (κ3) is 5.09. The maximum absolute atomic E-state index is 12.6. The molecule has 0 aromatic heterocycles. The van der Waals surface area contributed by atoms with Crippen molar-refractivity contribution in [2.75, 3.05) is 19.6 Å². The lowest BCUT2D eigenvalue weighted by Crippen LogP contribution is -2.48. The van der Waals surface area contributed by atoms with Crippen LogP contribution in [0.4, 0.5) is 4.79 Å². The molecule has 1 saturated heterocycles. The Morgan fingerprint density at radius 1 is 1.21 bits per heavy atom. The van der Waals surface area contributed by atoms with E-state index in [4.69, 9.17) is 4.74 Å². The van der Waals surface area contributed by atoms with Crippen molar-refractivity contribution in [1.29, 1.82) is 0 Å². The monoisotopic (exact) mass is 331 g/mol. The third-order valence-corrected chi connectivity index (χ3v) is 3.77. The predicted molar refractivity (Wildman–Crippen MR) is 92.8 cm³/mol. The smallest absolute Gasteiger partial charge is 0.315 e. The van der Waals surface area contributed by atoms with Crippen molar-refractivity contribution in [3.05, 3.63) is 48.0 Å². The number of rotatable bonds is 5. The summed E-state index contributed by atoms with van der Waals surface area (Å²) in [5.74, 6) is 0.0141. The van der Waals surface area contributed by atoms with E-state index >= 15 is 0 Å². The maximum atomic E-state index is 12.6. The van der Waals surface area contributed by atoms with E-state index in [1.54, 1.807) is 18.2 Å². The van der Waals surface area contributed by atoms with E-state index in [1.165, 1.54) is 0 Å². The molecule has 0 unspecified atom stereocenters. The van der Waals surface area contributed by atoms with Gasteiger partial charge in [0.2, 0.25) is 0 Å². The molecule has 1 heterocycles. The van der Waals surface area contributed by atoms with Crippen LogP contribution in [0.1, 0.15) is 29.8 Å². The van der Waals surface area contributed by atoms with Crippen molar-refractivity contribution >= 4 is 11.9 Å². The van der Waals surface area contributed by atoms with Gasteiger partial charge in [0.05, 0.1) is 12.2 Å². The fraction of sp³-hybridized carbons (Fsp3) is 0.444. The van der Waals surface area contributed by atoms with E-state index < -0.39 is 0 Å². The first kappa shape index (κ1) is 18.0. The fourth-order valence-electron chi connectivity index (χ4n) is 2.70. The SMILES string of the molecule is C=CCNC(=O)NCc1ccc(C(=O)N2C[C@@H](C)O[C@@H](C)C2)cc1. The average molecular weight is 331 g/mol. The fourth-order valence-corrected chi connectivity index (χ4v) is 2.70. The van der Waals surface area contributed by atoms with Crippen molar-refractivity contribution in [1.82, 2.24) is 15.5 Å². The van der Waals surface area contributed by atoms with E-state index in [1.807, 2.05) is 30.9 Å². The van der Waals surface area contributed by atoms with Crippen molar-refractivity contribution in [3.63, 3.8) is 0 Å². The normalized spacial score (nSPS) is 20.3. The lowest BCUT2D eigenvalue weighted by molar-refractivity contribution is -0.0586. The highest BCUT2D eigenvalue weighted by Gasteiger charge is 2.26. The maximum Gasteiger partial charge on any atom is 0.315 e. The molecule has 6 nitrogen and oxygen atoms in total. The molecule has 24 heavy (non-hydrogen) atoms. The van der Waals surface area contributed by atoms with Gasteiger partial charge in [-0.3, -0.25) is 4.79 Å². The minimum absolute atomic E-state index is 0.0141. The van der Waals surface area contributed by atoms with Crippen molar-refractivity contribution in [3.8, 4) is 0 Å². The van der Waals surface area contributed by atoms with Crippen LogP contribution in [-0.4, -0.2) is 48.7 Å². The molecule has 2 N–H and O–H groups in total. The molecule has 0 aliphatic carbocycles. The molecule has 1 aliphatic heterocycles. The summed E-state index contributed by atoms with van der Waals surface area (Å²) < 4.78 is 5.66. The second-order valence-electron chi connectivity index (χ2n) is 6.02. The Kier molecular flexibility index (Phi) is 6.37. The molecule has 0 spiro atoms. The first-order valence-corrected chi connectivity index (χ1v) is 8.16. The van der Waals surface area contributed by atoms with Crippen LogP contribution in [0.5, 0.6) is 0 Å². The minimum atomic E-state index is -0.244. The number of carbonyl (C=O) groups excluding carboxylic acids is 2. The van der Waals surface area contributed by atoms with Crippen LogP contribution in [0.25, 0.3) is 0 Å². The summed E-state index contributed by atoms with van der Waals surface area (Å²) >= 11 is 0. The largest absolute Gasteiger partial charge is 0.372 e. The summed E-state index contributed by atoms with van der Waals surface area (Å²) in [6.45, 7) is 9.53. The minimum Gasteiger partial charge on any atom is -0.372 e. The van der Waals surface area contributed by atoms with Crippen molar-refractivity contribution < 1.29 is 14.3 Å². The van der Waals surface area contributed by atoms with Gasteiger partial charge in [-0.15, -0.1) is 6.58 Å². The molecule has 1 aromatic rings. The molecular formula is C18H25N3O3. The first-order chi connectivity index (χ1) is 11.5. The second-order valence-corrected chi connectivity index (χ2v) is 6.02. The molecule has 130 valence electrons. The van der Waals surface area contributed by atoms with Crippen LogP contribution >= 0.6 is 0 Å². The van der Waals surface area contributed by atoms with Crippen LogP contribution in [0, 0.1) is 0 Å². The van der Waals surface area contributed by atoms with Crippen molar-refractivity contribution in [2.24, 2.45) is 0 Å². The summed E-state index contributed by atoms with van der Waals surface area (Å²) in [4.78, 5) is 25.9. The van der Waals surface area contributed by atoms with Crippen LogP contribution in [0.15, 0.2) is 36.9 Å². The Bertz CT molecular complexity index is 576. The van der Waals surface area contributed by atoms with Gasteiger partial charge in [0.25, 0.3) is 5.91 Å². The first-order valence-electron chi connectivity index (χ1n) is 8.16. The lowest BCUT2D eigenvalue weighted by atomic mass is 10.1. The number of carbonyl (C=O) groups is 2. The average Bonchev–Trinajstić information content (AvgIpc) is 2.57. The van der Waals surface area contributed by atoms with Crippen LogP contribution < -0.4 is 10.6 Å². The number of benzene rings is 1. The summed E-state index contributed by atoms with van der Waals surface area (Å²) in [5.41, 5.74) is 1.58. The van der Waals surface area contributed by atoms with Gasteiger partial charge in [-0.25, -0.2) is 4.79 Å². The van der Waals surface area contributed by atoms with E-state index in [0.717, 1.165) is 5.56 Å². The van der Waals surface area contributed by atoms with Gasteiger partial charge in [0.15, 0.2) is 0 Å². The quantitative estimate of drug-likeness (QED) is 0.810. The Labute approximate surface area is 142 Å². The van der Waals surface area contributed by atoms with E-state index in [0.29, 0.717) is 31.7 Å². The number of nitrogens with zero attached hydrogens (tertiary/aromatic N) is 1. The third-order valence-electron chi connectivity index (χ3n) is 3.77. The van der Waals surface area contributed by atoms with E-state index in [-0.39, 0.29) is 24.1 Å². The molecule has 2 rings (SSSR count).